The van der Waals surface area contributed by atoms with Gasteiger partial charge in [0.1, 0.15) is 18.5 Å². The zero-order valence-electron chi connectivity index (χ0n) is 12.5. The quantitative estimate of drug-likeness (QED) is 0.765. The second-order valence-electron chi connectivity index (χ2n) is 4.87. The van der Waals surface area contributed by atoms with Crippen LogP contribution in [-0.2, 0) is 14.3 Å². The van der Waals surface area contributed by atoms with Gasteiger partial charge in [0.25, 0.3) is 5.91 Å². The lowest BCUT2D eigenvalue weighted by molar-refractivity contribution is -0.128. The molecule has 0 spiro atoms. The molecule has 1 fully saturated rings. The number of benzene rings is 1. The zero-order valence-corrected chi connectivity index (χ0v) is 12.5. The average Bonchev–Trinajstić information content (AvgIpc) is 2.51. The highest BCUT2D eigenvalue weighted by Gasteiger charge is 2.22. The van der Waals surface area contributed by atoms with Crippen LogP contribution in [-0.4, -0.2) is 52.0 Å². The lowest BCUT2D eigenvalue weighted by Gasteiger charge is -2.23. The highest BCUT2D eigenvalue weighted by atomic mass is 16.5. The van der Waals surface area contributed by atoms with Gasteiger partial charge in [-0.05, 0) is 30.7 Å². The number of rotatable bonds is 6. The summed E-state index contributed by atoms with van der Waals surface area (Å²) in [5.41, 5.74) is 1.72. The van der Waals surface area contributed by atoms with Crippen LogP contribution >= 0.6 is 0 Å². The van der Waals surface area contributed by atoms with E-state index in [0.717, 1.165) is 23.5 Å². The molecule has 6 nitrogen and oxygen atoms in total. The topological polar surface area (TPSA) is 68.8 Å². The van der Waals surface area contributed by atoms with Crippen LogP contribution in [0.4, 0.5) is 5.69 Å². The van der Waals surface area contributed by atoms with Crippen molar-refractivity contribution in [1.82, 2.24) is 5.32 Å². The zero-order chi connectivity index (χ0) is 15.1. The van der Waals surface area contributed by atoms with Gasteiger partial charge in [-0.1, -0.05) is 0 Å². The Balaban J connectivity index is 1.92. The summed E-state index contributed by atoms with van der Waals surface area (Å²) in [4.78, 5) is 12.1. The number of amides is 1. The lowest BCUT2D eigenvalue weighted by Crippen LogP contribution is -2.45. The molecule has 1 atom stereocenters. The van der Waals surface area contributed by atoms with Gasteiger partial charge in [0.05, 0.1) is 13.2 Å². The Morgan fingerprint density at radius 1 is 1.48 bits per heavy atom. The van der Waals surface area contributed by atoms with Gasteiger partial charge in [-0.2, -0.15) is 0 Å². The summed E-state index contributed by atoms with van der Waals surface area (Å²) in [6, 6.07) is 5.56. The van der Waals surface area contributed by atoms with Crippen LogP contribution in [0, 0.1) is 6.92 Å². The normalized spacial score (nSPS) is 18.3. The van der Waals surface area contributed by atoms with Crippen molar-refractivity contribution < 1.29 is 19.0 Å². The van der Waals surface area contributed by atoms with Gasteiger partial charge < -0.3 is 24.8 Å². The van der Waals surface area contributed by atoms with Crippen LogP contribution in [0.3, 0.4) is 0 Å². The maximum Gasteiger partial charge on any atom is 0.254 e. The smallest absolute Gasteiger partial charge is 0.254 e. The number of ether oxygens (including phenoxy) is 3. The van der Waals surface area contributed by atoms with E-state index in [1.165, 1.54) is 0 Å². The number of carbonyl (C=O) groups excluding carboxylic acids is 1. The first-order valence-corrected chi connectivity index (χ1v) is 7.06. The molecular weight excluding hydrogens is 272 g/mol. The third-order valence-electron chi connectivity index (χ3n) is 3.23. The van der Waals surface area contributed by atoms with Gasteiger partial charge in [-0.15, -0.1) is 0 Å². The Bertz CT molecular complexity index is 473. The van der Waals surface area contributed by atoms with Crippen molar-refractivity contribution in [2.24, 2.45) is 0 Å². The molecule has 116 valence electrons. The minimum atomic E-state index is -0.434. The van der Waals surface area contributed by atoms with E-state index >= 15 is 0 Å². The lowest BCUT2D eigenvalue weighted by atomic mass is 10.1. The summed E-state index contributed by atoms with van der Waals surface area (Å²) < 4.78 is 15.9. The first-order valence-electron chi connectivity index (χ1n) is 7.06. The molecule has 1 amide bonds. The van der Waals surface area contributed by atoms with E-state index in [1.807, 2.05) is 25.1 Å². The van der Waals surface area contributed by atoms with Crippen molar-refractivity contribution in [3.8, 4) is 5.75 Å². The van der Waals surface area contributed by atoms with Crippen LogP contribution in [0.2, 0.25) is 0 Å². The minimum Gasteiger partial charge on any atom is -0.491 e. The molecule has 0 aromatic heterocycles. The number of hydrogen-bond acceptors (Lipinski definition) is 5. The minimum absolute atomic E-state index is 0.127. The molecule has 1 aliphatic heterocycles. The van der Waals surface area contributed by atoms with Crippen LogP contribution in [0.15, 0.2) is 18.2 Å². The molecule has 1 aromatic carbocycles. The Hall–Kier alpha value is -1.63. The average molecular weight is 294 g/mol. The molecule has 2 rings (SSSR count). The summed E-state index contributed by atoms with van der Waals surface area (Å²) in [5, 5.41) is 6.03. The molecule has 1 saturated heterocycles. The molecule has 0 bridgehead atoms. The second-order valence-corrected chi connectivity index (χ2v) is 4.87. The predicted molar refractivity (Wildman–Crippen MR) is 79.8 cm³/mol. The van der Waals surface area contributed by atoms with E-state index in [4.69, 9.17) is 14.2 Å². The largest absolute Gasteiger partial charge is 0.491 e. The van der Waals surface area contributed by atoms with Gasteiger partial charge in [-0.3, -0.25) is 4.79 Å². The van der Waals surface area contributed by atoms with E-state index < -0.39 is 6.10 Å². The summed E-state index contributed by atoms with van der Waals surface area (Å²) in [5.74, 6) is 0.636. The number of carbonyl (C=O) groups is 1. The van der Waals surface area contributed by atoms with E-state index in [2.05, 4.69) is 10.6 Å². The third kappa shape index (κ3) is 4.70. The fraction of sp³-hybridized carbons (Fsp3) is 0.533. The molecular formula is C15H22N2O4. The summed E-state index contributed by atoms with van der Waals surface area (Å²) >= 11 is 0. The molecule has 21 heavy (non-hydrogen) atoms. The number of methoxy groups -OCH3 is 1. The monoisotopic (exact) mass is 294 g/mol. The number of nitrogens with one attached hydrogen (secondary N) is 2. The Morgan fingerprint density at radius 2 is 2.33 bits per heavy atom. The SMILES string of the molecule is COCCOc1ccc(NC(=O)C2CNCCO2)c(C)c1. The van der Waals surface area contributed by atoms with Crippen molar-refractivity contribution in [3.63, 3.8) is 0 Å². The maximum atomic E-state index is 12.1. The van der Waals surface area contributed by atoms with Gasteiger partial charge in [-0.25, -0.2) is 0 Å². The summed E-state index contributed by atoms with van der Waals surface area (Å²) in [6.45, 7) is 4.87. The van der Waals surface area contributed by atoms with Gasteiger partial charge in [0.15, 0.2) is 0 Å². The molecule has 2 N–H and O–H groups in total. The van der Waals surface area contributed by atoms with Crippen molar-refractivity contribution in [1.29, 1.82) is 0 Å². The first-order chi connectivity index (χ1) is 10.2. The van der Waals surface area contributed by atoms with E-state index in [-0.39, 0.29) is 5.91 Å². The van der Waals surface area contributed by atoms with Crippen molar-refractivity contribution in [2.75, 3.05) is 45.3 Å². The number of aryl methyl sites for hydroxylation is 1. The van der Waals surface area contributed by atoms with Crippen LogP contribution in [0.5, 0.6) is 5.75 Å². The van der Waals surface area contributed by atoms with Gasteiger partial charge >= 0.3 is 0 Å². The fourth-order valence-corrected chi connectivity index (χ4v) is 2.06. The molecule has 1 aliphatic rings. The number of morpholine rings is 1. The third-order valence-corrected chi connectivity index (χ3v) is 3.23. The maximum absolute atomic E-state index is 12.1. The van der Waals surface area contributed by atoms with Crippen LogP contribution < -0.4 is 15.4 Å². The highest BCUT2D eigenvalue weighted by Crippen LogP contribution is 2.21. The van der Waals surface area contributed by atoms with E-state index in [1.54, 1.807) is 7.11 Å². The number of hydrogen-bond donors (Lipinski definition) is 2. The molecule has 1 aromatic rings. The van der Waals surface area contributed by atoms with Crippen molar-refractivity contribution in [3.05, 3.63) is 23.8 Å². The van der Waals surface area contributed by atoms with Crippen LogP contribution in [0.25, 0.3) is 0 Å². The van der Waals surface area contributed by atoms with Gasteiger partial charge in [0, 0.05) is 25.9 Å². The molecule has 6 heteroatoms. The number of anilines is 1. The summed E-state index contributed by atoms with van der Waals surface area (Å²) in [7, 11) is 1.63. The van der Waals surface area contributed by atoms with Crippen LogP contribution in [0.1, 0.15) is 5.56 Å². The fourth-order valence-electron chi connectivity index (χ4n) is 2.06. The predicted octanol–water partition coefficient (Wildman–Crippen LogP) is 0.947. The summed E-state index contributed by atoms with van der Waals surface area (Å²) in [6.07, 6.45) is -0.434. The standard InChI is InChI=1S/C15H22N2O4/c1-11-9-12(20-8-7-19-2)3-4-13(11)17-15(18)14-10-16-5-6-21-14/h3-4,9,14,16H,5-8,10H2,1-2H3,(H,17,18). The molecule has 0 aliphatic carbocycles. The Kier molecular flexibility index (Phi) is 5.98. The Morgan fingerprint density at radius 3 is 3.00 bits per heavy atom. The molecule has 1 unspecified atom stereocenters. The van der Waals surface area contributed by atoms with E-state index in [0.29, 0.717) is 26.4 Å². The molecule has 0 radical (unpaired) electrons. The highest BCUT2D eigenvalue weighted by molar-refractivity contribution is 5.95. The second kappa shape index (κ2) is 7.97. The first kappa shape index (κ1) is 15.8. The van der Waals surface area contributed by atoms with Gasteiger partial charge in [0.2, 0.25) is 0 Å². The Labute approximate surface area is 124 Å². The molecule has 1 heterocycles. The van der Waals surface area contributed by atoms with E-state index in [9.17, 15) is 4.79 Å². The van der Waals surface area contributed by atoms with Crippen molar-refractivity contribution >= 4 is 11.6 Å². The van der Waals surface area contributed by atoms with Crippen molar-refractivity contribution in [2.45, 2.75) is 13.0 Å². The molecule has 0 saturated carbocycles.